The van der Waals surface area contributed by atoms with Gasteiger partial charge in [-0.25, -0.2) is 0 Å². The number of hydrogen-bond donors (Lipinski definition) is 2. The van der Waals surface area contributed by atoms with Crippen LogP contribution in [-0.4, -0.2) is 10.2 Å². The molecule has 0 saturated carbocycles. The molecule has 2 nitrogen and oxygen atoms in total. The van der Waals surface area contributed by atoms with E-state index in [4.69, 9.17) is 34.8 Å². The lowest BCUT2D eigenvalue weighted by atomic mass is 10.0. The van der Waals surface area contributed by atoms with Crippen molar-refractivity contribution < 1.29 is 10.2 Å². The zero-order valence-corrected chi connectivity index (χ0v) is 12.1. The van der Waals surface area contributed by atoms with Gasteiger partial charge in [-0.3, -0.25) is 0 Å². The highest BCUT2D eigenvalue weighted by molar-refractivity contribution is 6.48. The summed E-state index contributed by atoms with van der Waals surface area (Å²) in [6.45, 7) is 0. The highest BCUT2D eigenvalue weighted by Gasteiger charge is 2.14. The molecule has 0 bridgehead atoms. The molecule has 0 unspecified atom stereocenters. The second-order valence-corrected chi connectivity index (χ2v) is 5.28. The normalized spacial score (nSPS) is 10.7. The second-order valence-electron chi connectivity index (χ2n) is 4.11. The minimum Gasteiger partial charge on any atom is -0.508 e. The molecule has 0 amide bonds. The number of benzene rings is 2. The Balaban J connectivity index is 2.26. The van der Waals surface area contributed by atoms with Crippen LogP contribution in [0.5, 0.6) is 11.5 Å². The van der Waals surface area contributed by atoms with Crippen LogP contribution in [0.15, 0.2) is 30.3 Å². The molecule has 0 spiro atoms. The Morgan fingerprint density at radius 3 is 2.21 bits per heavy atom. The van der Waals surface area contributed by atoms with E-state index in [9.17, 15) is 10.2 Å². The molecule has 0 aliphatic rings. The van der Waals surface area contributed by atoms with Crippen molar-refractivity contribution in [2.75, 3.05) is 0 Å². The van der Waals surface area contributed by atoms with Gasteiger partial charge in [-0.1, -0.05) is 53.0 Å². The van der Waals surface area contributed by atoms with Gasteiger partial charge in [-0.15, -0.1) is 0 Å². The summed E-state index contributed by atoms with van der Waals surface area (Å²) in [5, 5.41) is 20.2. The van der Waals surface area contributed by atoms with Crippen LogP contribution >= 0.6 is 34.8 Å². The fourth-order valence-corrected chi connectivity index (χ4v) is 2.55. The average molecular weight is 318 g/mol. The smallest absolute Gasteiger partial charge is 0.121 e. The first kappa shape index (κ1) is 14.3. The molecular formula is C14H11Cl3O2. The lowest BCUT2D eigenvalue weighted by molar-refractivity contribution is 0.462. The van der Waals surface area contributed by atoms with E-state index in [2.05, 4.69) is 0 Å². The van der Waals surface area contributed by atoms with Gasteiger partial charge >= 0.3 is 0 Å². The zero-order chi connectivity index (χ0) is 14.0. The van der Waals surface area contributed by atoms with Gasteiger partial charge in [0, 0.05) is 11.6 Å². The molecule has 0 aliphatic carbocycles. The Bertz CT molecular complexity index is 612. The van der Waals surface area contributed by atoms with Gasteiger partial charge < -0.3 is 10.2 Å². The Kier molecular flexibility index (Phi) is 4.46. The molecule has 0 aliphatic heterocycles. The third-order valence-corrected chi connectivity index (χ3v) is 4.18. The van der Waals surface area contributed by atoms with Crippen molar-refractivity contribution in [3.8, 4) is 11.5 Å². The quantitative estimate of drug-likeness (QED) is 0.795. The summed E-state index contributed by atoms with van der Waals surface area (Å²) in [5.74, 6) is 0.230. The largest absolute Gasteiger partial charge is 0.508 e. The topological polar surface area (TPSA) is 40.5 Å². The van der Waals surface area contributed by atoms with E-state index in [1.165, 1.54) is 6.07 Å². The SMILES string of the molecule is Oc1ccccc1CCc1c(O)cc(Cl)c(Cl)c1Cl. The van der Waals surface area contributed by atoms with Crippen molar-refractivity contribution in [1.82, 2.24) is 0 Å². The third kappa shape index (κ3) is 3.08. The number of rotatable bonds is 3. The van der Waals surface area contributed by atoms with E-state index in [0.29, 0.717) is 18.4 Å². The van der Waals surface area contributed by atoms with Crippen LogP contribution in [0.4, 0.5) is 0 Å². The molecule has 0 aromatic heterocycles. The molecule has 100 valence electrons. The Labute approximate surface area is 126 Å². The minimum absolute atomic E-state index is 0.00909. The average Bonchev–Trinajstić information content (AvgIpc) is 2.38. The van der Waals surface area contributed by atoms with Crippen LogP contribution in [0.25, 0.3) is 0 Å². The summed E-state index contributed by atoms with van der Waals surface area (Å²) in [6, 6.07) is 8.40. The summed E-state index contributed by atoms with van der Waals surface area (Å²) in [6.07, 6.45) is 0.997. The molecule has 0 radical (unpaired) electrons. The van der Waals surface area contributed by atoms with E-state index >= 15 is 0 Å². The molecule has 2 aromatic rings. The van der Waals surface area contributed by atoms with Crippen molar-refractivity contribution >= 4 is 34.8 Å². The van der Waals surface area contributed by atoms with Crippen molar-refractivity contribution in [3.05, 3.63) is 56.5 Å². The number of phenolic OH excluding ortho intramolecular Hbond substituents is 2. The number of aromatic hydroxyl groups is 2. The molecule has 5 heteroatoms. The second kappa shape index (κ2) is 5.91. The molecule has 2 aromatic carbocycles. The van der Waals surface area contributed by atoms with Crippen LogP contribution in [-0.2, 0) is 12.8 Å². The summed E-state index contributed by atoms with van der Waals surface area (Å²) >= 11 is 17.8. The van der Waals surface area contributed by atoms with Gasteiger partial charge in [-0.2, -0.15) is 0 Å². The maximum atomic E-state index is 9.85. The van der Waals surface area contributed by atoms with E-state index in [-0.39, 0.29) is 26.6 Å². The highest BCUT2D eigenvalue weighted by Crippen LogP contribution is 2.39. The van der Waals surface area contributed by atoms with Crippen molar-refractivity contribution in [1.29, 1.82) is 0 Å². The fourth-order valence-electron chi connectivity index (χ4n) is 1.84. The standard InChI is InChI=1S/C14H11Cl3O2/c15-10-7-12(19)9(13(16)14(10)17)6-5-8-3-1-2-4-11(8)18/h1-4,7,18-19H,5-6H2. The molecule has 0 heterocycles. The summed E-state index contributed by atoms with van der Waals surface area (Å²) < 4.78 is 0. The first-order valence-electron chi connectivity index (χ1n) is 5.63. The van der Waals surface area contributed by atoms with Crippen molar-refractivity contribution in [2.45, 2.75) is 12.8 Å². The zero-order valence-electron chi connectivity index (χ0n) is 9.83. The van der Waals surface area contributed by atoms with Crippen molar-refractivity contribution in [2.24, 2.45) is 0 Å². The lowest BCUT2D eigenvalue weighted by Crippen LogP contribution is -1.94. The van der Waals surface area contributed by atoms with Gasteiger partial charge in [0.1, 0.15) is 11.5 Å². The third-order valence-electron chi connectivity index (χ3n) is 2.88. The number of halogens is 3. The maximum Gasteiger partial charge on any atom is 0.121 e. The predicted molar refractivity (Wildman–Crippen MR) is 78.7 cm³/mol. The minimum atomic E-state index is 0.00909. The monoisotopic (exact) mass is 316 g/mol. The van der Waals surface area contributed by atoms with E-state index in [1.54, 1.807) is 12.1 Å². The van der Waals surface area contributed by atoms with E-state index < -0.39 is 0 Å². The van der Waals surface area contributed by atoms with Crippen LogP contribution < -0.4 is 0 Å². The Morgan fingerprint density at radius 2 is 1.53 bits per heavy atom. The number of para-hydroxylation sites is 1. The first-order valence-corrected chi connectivity index (χ1v) is 6.76. The van der Waals surface area contributed by atoms with E-state index in [0.717, 1.165) is 5.56 Å². The van der Waals surface area contributed by atoms with Gasteiger partial charge in [-0.05, 0) is 24.5 Å². The first-order chi connectivity index (χ1) is 9.00. The molecule has 0 fully saturated rings. The summed E-state index contributed by atoms with van der Waals surface area (Å²) in [7, 11) is 0. The van der Waals surface area contributed by atoms with Gasteiger partial charge in [0.25, 0.3) is 0 Å². The lowest BCUT2D eigenvalue weighted by Gasteiger charge is -2.10. The Hall–Kier alpha value is -1.09. The van der Waals surface area contributed by atoms with Crippen molar-refractivity contribution in [3.63, 3.8) is 0 Å². The van der Waals surface area contributed by atoms with Crippen LogP contribution in [0.2, 0.25) is 15.1 Å². The molecule has 2 N–H and O–H groups in total. The van der Waals surface area contributed by atoms with Crippen LogP contribution in [0.1, 0.15) is 11.1 Å². The van der Waals surface area contributed by atoms with E-state index in [1.807, 2.05) is 12.1 Å². The van der Waals surface area contributed by atoms with Gasteiger partial charge in [0.2, 0.25) is 0 Å². The summed E-state index contributed by atoms with van der Waals surface area (Å²) in [5.41, 5.74) is 1.31. The maximum absolute atomic E-state index is 9.85. The number of phenols is 2. The summed E-state index contributed by atoms with van der Waals surface area (Å²) in [4.78, 5) is 0. The van der Waals surface area contributed by atoms with Gasteiger partial charge in [0.15, 0.2) is 0 Å². The predicted octanol–water partition coefficient (Wildman–Crippen LogP) is 4.84. The molecule has 2 rings (SSSR count). The molecular weight excluding hydrogens is 307 g/mol. The molecule has 0 atom stereocenters. The molecule has 0 saturated heterocycles. The Morgan fingerprint density at radius 1 is 0.842 bits per heavy atom. The number of aryl methyl sites for hydroxylation is 1. The van der Waals surface area contributed by atoms with Crippen LogP contribution in [0.3, 0.4) is 0 Å². The fraction of sp³-hybridized carbons (Fsp3) is 0.143. The van der Waals surface area contributed by atoms with Crippen LogP contribution in [0, 0.1) is 0 Å². The molecule has 19 heavy (non-hydrogen) atoms. The highest BCUT2D eigenvalue weighted by atomic mass is 35.5. The number of hydrogen-bond acceptors (Lipinski definition) is 2. The van der Waals surface area contributed by atoms with Gasteiger partial charge in [0.05, 0.1) is 15.1 Å².